The van der Waals surface area contributed by atoms with E-state index < -0.39 is 0 Å². The fraction of sp³-hybridized carbons (Fsp3) is 0.136. The van der Waals surface area contributed by atoms with Crippen molar-refractivity contribution in [3.63, 3.8) is 0 Å². The van der Waals surface area contributed by atoms with Crippen molar-refractivity contribution in [2.24, 2.45) is 11.5 Å². The summed E-state index contributed by atoms with van der Waals surface area (Å²) in [6.07, 6.45) is 0. The summed E-state index contributed by atoms with van der Waals surface area (Å²) in [5.41, 5.74) is 16.7. The number of ether oxygens (including phenoxy) is 1. The minimum absolute atomic E-state index is 0.178. The van der Waals surface area contributed by atoms with Crippen LogP contribution in [0.15, 0.2) is 66.7 Å². The lowest BCUT2D eigenvalue weighted by atomic mass is 10.0. The van der Waals surface area contributed by atoms with Gasteiger partial charge in [0.25, 0.3) is 5.91 Å². The predicted octanol–water partition coefficient (Wildman–Crippen LogP) is 3.53. The first-order valence-electron chi connectivity index (χ1n) is 8.72. The highest BCUT2D eigenvalue weighted by atomic mass is 16.5. The van der Waals surface area contributed by atoms with Crippen molar-refractivity contribution in [2.45, 2.75) is 13.1 Å². The van der Waals surface area contributed by atoms with Gasteiger partial charge in [-0.15, -0.1) is 0 Å². The van der Waals surface area contributed by atoms with Crippen LogP contribution >= 0.6 is 0 Å². The third-order valence-corrected chi connectivity index (χ3v) is 4.43. The molecule has 0 aliphatic rings. The van der Waals surface area contributed by atoms with Crippen LogP contribution in [0.5, 0.6) is 5.75 Å². The first-order valence-corrected chi connectivity index (χ1v) is 8.72. The Bertz CT molecular complexity index is 919. The lowest BCUT2D eigenvalue weighted by Crippen LogP contribution is -2.12. The van der Waals surface area contributed by atoms with E-state index >= 15 is 0 Å². The molecule has 1 amide bonds. The number of hydrogen-bond donors (Lipinski definition) is 3. The molecule has 0 heterocycles. The molecule has 5 heteroatoms. The Balaban J connectivity index is 1.73. The van der Waals surface area contributed by atoms with Crippen molar-refractivity contribution in [1.82, 2.24) is 0 Å². The average Bonchev–Trinajstić information content (AvgIpc) is 2.73. The van der Waals surface area contributed by atoms with Crippen LogP contribution in [0.2, 0.25) is 0 Å². The number of hydrogen-bond acceptors (Lipinski definition) is 4. The zero-order chi connectivity index (χ0) is 19.2. The van der Waals surface area contributed by atoms with Gasteiger partial charge >= 0.3 is 0 Å². The summed E-state index contributed by atoms with van der Waals surface area (Å²) in [4.78, 5) is 12.5. The highest BCUT2D eigenvalue weighted by molar-refractivity contribution is 6.04. The summed E-state index contributed by atoms with van der Waals surface area (Å²) in [5, 5.41) is 2.88. The van der Waals surface area contributed by atoms with Crippen molar-refractivity contribution in [1.29, 1.82) is 0 Å². The molecule has 0 saturated carbocycles. The molecule has 0 bridgehead atoms. The maximum atomic E-state index is 12.5. The molecule has 0 aromatic heterocycles. The molecule has 0 aliphatic carbocycles. The van der Waals surface area contributed by atoms with Gasteiger partial charge in [-0.2, -0.15) is 0 Å². The second-order valence-corrected chi connectivity index (χ2v) is 6.16. The summed E-state index contributed by atoms with van der Waals surface area (Å²) in [6.45, 7) is 0.904. The van der Waals surface area contributed by atoms with E-state index in [-0.39, 0.29) is 5.91 Å². The van der Waals surface area contributed by atoms with Crippen LogP contribution in [0.25, 0.3) is 11.1 Å². The van der Waals surface area contributed by atoms with Crippen LogP contribution in [0.1, 0.15) is 21.5 Å². The SMILES string of the molecule is COc1cc(NC(=O)c2ccc(-c3ccc(CN)cc3)cc2)ccc1CN. The number of carbonyl (C=O) groups excluding carboxylic acids is 1. The molecule has 138 valence electrons. The second kappa shape index (κ2) is 8.49. The largest absolute Gasteiger partial charge is 0.496 e. The molecule has 3 aromatic rings. The molecular weight excluding hydrogens is 338 g/mol. The van der Waals surface area contributed by atoms with E-state index in [0.29, 0.717) is 30.1 Å². The summed E-state index contributed by atoms with van der Waals surface area (Å²) >= 11 is 0. The number of nitrogens with one attached hydrogen (secondary N) is 1. The third kappa shape index (κ3) is 4.34. The number of amides is 1. The van der Waals surface area contributed by atoms with Crippen molar-refractivity contribution < 1.29 is 9.53 Å². The molecule has 0 unspecified atom stereocenters. The number of benzene rings is 3. The number of nitrogens with two attached hydrogens (primary N) is 2. The van der Waals surface area contributed by atoms with Gasteiger partial charge in [-0.05, 0) is 34.9 Å². The first-order chi connectivity index (χ1) is 13.1. The van der Waals surface area contributed by atoms with Gasteiger partial charge in [-0.1, -0.05) is 42.5 Å². The molecule has 5 N–H and O–H groups in total. The van der Waals surface area contributed by atoms with Crippen molar-refractivity contribution in [3.8, 4) is 16.9 Å². The van der Waals surface area contributed by atoms with E-state index in [9.17, 15) is 4.79 Å². The van der Waals surface area contributed by atoms with Crippen LogP contribution < -0.4 is 21.5 Å². The van der Waals surface area contributed by atoms with Gasteiger partial charge in [0, 0.05) is 36.0 Å². The quantitative estimate of drug-likeness (QED) is 0.626. The molecule has 5 nitrogen and oxygen atoms in total. The van der Waals surface area contributed by atoms with E-state index in [1.807, 2.05) is 60.7 Å². The topological polar surface area (TPSA) is 90.4 Å². The van der Waals surface area contributed by atoms with Gasteiger partial charge in [0.05, 0.1) is 7.11 Å². The van der Waals surface area contributed by atoms with Crippen LogP contribution in [0.3, 0.4) is 0 Å². The minimum Gasteiger partial charge on any atom is -0.496 e. The molecule has 0 fully saturated rings. The Hall–Kier alpha value is -3.15. The Morgan fingerprint density at radius 3 is 2.07 bits per heavy atom. The van der Waals surface area contributed by atoms with Gasteiger partial charge < -0.3 is 21.5 Å². The Kier molecular flexibility index (Phi) is 5.86. The lowest BCUT2D eigenvalue weighted by Gasteiger charge is -2.11. The smallest absolute Gasteiger partial charge is 0.255 e. The Labute approximate surface area is 159 Å². The van der Waals surface area contributed by atoms with E-state index in [4.69, 9.17) is 16.2 Å². The molecular formula is C22H23N3O2. The van der Waals surface area contributed by atoms with E-state index in [2.05, 4.69) is 5.32 Å². The minimum atomic E-state index is -0.178. The maximum Gasteiger partial charge on any atom is 0.255 e. The van der Waals surface area contributed by atoms with Crippen LogP contribution in [-0.2, 0) is 13.1 Å². The molecule has 0 spiro atoms. The summed E-state index contributed by atoms with van der Waals surface area (Å²) in [7, 11) is 1.58. The van der Waals surface area contributed by atoms with Gasteiger partial charge in [0.15, 0.2) is 0 Å². The van der Waals surface area contributed by atoms with Crippen molar-refractivity contribution >= 4 is 11.6 Å². The molecule has 0 saturated heterocycles. The first kappa shape index (κ1) is 18.6. The summed E-state index contributed by atoms with van der Waals surface area (Å²) in [6, 6.07) is 21.0. The number of carbonyl (C=O) groups is 1. The third-order valence-electron chi connectivity index (χ3n) is 4.43. The number of methoxy groups -OCH3 is 1. The Morgan fingerprint density at radius 2 is 1.52 bits per heavy atom. The predicted molar refractivity (Wildman–Crippen MR) is 109 cm³/mol. The number of rotatable bonds is 6. The van der Waals surface area contributed by atoms with Crippen molar-refractivity contribution in [2.75, 3.05) is 12.4 Å². The zero-order valence-corrected chi connectivity index (χ0v) is 15.2. The van der Waals surface area contributed by atoms with E-state index in [0.717, 1.165) is 22.3 Å². The monoisotopic (exact) mass is 361 g/mol. The lowest BCUT2D eigenvalue weighted by molar-refractivity contribution is 0.102. The van der Waals surface area contributed by atoms with E-state index in [1.54, 1.807) is 13.2 Å². The van der Waals surface area contributed by atoms with Gasteiger partial charge in [-0.25, -0.2) is 0 Å². The average molecular weight is 361 g/mol. The molecule has 3 rings (SSSR count). The summed E-state index contributed by atoms with van der Waals surface area (Å²) < 4.78 is 5.31. The van der Waals surface area contributed by atoms with Crippen LogP contribution in [-0.4, -0.2) is 13.0 Å². The van der Waals surface area contributed by atoms with Gasteiger partial charge in [0.1, 0.15) is 5.75 Å². The number of anilines is 1. The normalized spacial score (nSPS) is 10.5. The Morgan fingerprint density at radius 1 is 0.889 bits per heavy atom. The fourth-order valence-corrected chi connectivity index (χ4v) is 2.84. The fourth-order valence-electron chi connectivity index (χ4n) is 2.84. The van der Waals surface area contributed by atoms with Crippen molar-refractivity contribution in [3.05, 3.63) is 83.4 Å². The molecule has 3 aromatic carbocycles. The molecule has 27 heavy (non-hydrogen) atoms. The standard InChI is InChI=1S/C22H23N3O2/c1-27-21-12-20(11-10-19(21)14-24)25-22(26)18-8-6-17(7-9-18)16-4-2-15(13-23)3-5-16/h2-12H,13-14,23-24H2,1H3,(H,25,26). The maximum absolute atomic E-state index is 12.5. The van der Waals surface area contributed by atoms with Gasteiger partial charge in [0.2, 0.25) is 0 Å². The molecule has 0 atom stereocenters. The van der Waals surface area contributed by atoms with Gasteiger partial charge in [-0.3, -0.25) is 4.79 Å². The highest BCUT2D eigenvalue weighted by Crippen LogP contribution is 2.24. The zero-order valence-electron chi connectivity index (χ0n) is 15.2. The van der Waals surface area contributed by atoms with E-state index in [1.165, 1.54) is 0 Å². The van der Waals surface area contributed by atoms with Crippen LogP contribution in [0, 0.1) is 0 Å². The molecule has 0 aliphatic heterocycles. The molecule has 0 radical (unpaired) electrons. The highest BCUT2D eigenvalue weighted by Gasteiger charge is 2.09. The van der Waals surface area contributed by atoms with Crippen LogP contribution in [0.4, 0.5) is 5.69 Å². The summed E-state index contributed by atoms with van der Waals surface area (Å²) in [5.74, 6) is 0.481. The second-order valence-electron chi connectivity index (χ2n) is 6.16.